The third-order valence-corrected chi connectivity index (χ3v) is 4.95. The van der Waals surface area contributed by atoms with Crippen molar-refractivity contribution >= 4 is 45.6 Å². The number of aryl methyl sites for hydroxylation is 3. The van der Waals surface area contributed by atoms with E-state index in [-0.39, 0.29) is 5.91 Å². The molecule has 0 radical (unpaired) electrons. The molecule has 25 heavy (non-hydrogen) atoms. The molecule has 1 N–H and O–H groups in total. The molecule has 0 bridgehead atoms. The van der Waals surface area contributed by atoms with Crippen LogP contribution in [-0.2, 0) is 0 Å². The van der Waals surface area contributed by atoms with E-state index < -0.39 is 0 Å². The second-order valence-corrected chi connectivity index (χ2v) is 7.65. The average Bonchev–Trinajstić information content (AvgIpc) is 2.93. The first kappa shape index (κ1) is 17.9. The molecule has 3 aromatic rings. The Hall–Kier alpha value is -1.95. The molecule has 0 saturated heterocycles. The molecule has 1 heterocycles. The molecule has 0 aliphatic rings. The number of amides is 1. The fraction of sp³-hybridized carbons (Fsp3) is 0.167. The quantitative estimate of drug-likeness (QED) is 0.623. The van der Waals surface area contributed by atoms with Crippen molar-refractivity contribution in [2.45, 2.75) is 20.8 Å². The lowest BCUT2D eigenvalue weighted by molar-refractivity contribution is 0.102. The summed E-state index contributed by atoms with van der Waals surface area (Å²) >= 11 is 13.2. The molecule has 2 aromatic carbocycles. The Balaban J connectivity index is 1.86. The van der Waals surface area contributed by atoms with Crippen LogP contribution in [0.4, 0.5) is 5.13 Å². The van der Waals surface area contributed by atoms with E-state index >= 15 is 0 Å². The van der Waals surface area contributed by atoms with E-state index in [4.69, 9.17) is 23.2 Å². The number of carbonyl (C=O) groups excluding carboxylic acids is 1. The summed E-state index contributed by atoms with van der Waals surface area (Å²) in [5, 5.41) is 13.0. The maximum atomic E-state index is 12.4. The molecule has 0 aliphatic carbocycles. The summed E-state index contributed by atoms with van der Waals surface area (Å²) in [5.74, 6) is -0.329. The molecule has 4 nitrogen and oxygen atoms in total. The Bertz CT molecular complexity index is 925. The normalized spacial score (nSPS) is 10.8. The van der Waals surface area contributed by atoms with E-state index in [0.29, 0.717) is 20.7 Å². The lowest BCUT2D eigenvalue weighted by Gasteiger charge is -2.07. The first-order chi connectivity index (χ1) is 11.8. The number of carbonyl (C=O) groups is 1. The number of rotatable bonds is 3. The molecule has 0 aliphatic heterocycles. The Morgan fingerprint density at radius 2 is 1.56 bits per heavy atom. The van der Waals surface area contributed by atoms with Gasteiger partial charge in [-0.1, -0.05) is 52.2 Å². The minimum Gasteiger partial charge on any atom is -0.296 e. The van der Waals surface area contributed by atoms with Gasteiger partial charge in [-0.15, -0.1) is 10.2 Å². The molecule has 128 valence electrons. The van der Waals surface area contributed by atoms with Crippen LogP contribution in [0.1, 0.15) is 27.0 Å². The van der Waals surface area contributed by atoms with E-state index in [2.05, 4.69) is 34.6 Å². The summed E-state index contributed by atoms with van der Waals surface area (Å²) < 4.78 is 0. The maximum Gasteiger partial charge on any atom is 0.257 e. The number of hydrogen-bond donors (Lipinski definition) is 1. The summed E-state index contributed by atoms with van der Waals surface area (Å²) in [6, 6.07) is 8.90. The fourth-order valence-electron chi connectivity index (χ4n) is 2.75. The largest absolute Gasteiger partial charge is 0.296 e. The van der Waals surface area contributed by atoms with Gasteiger partial charge in [0.1, 0.15) is 5.01 Å². The van der Waals surface area contributed by atoms with Gasteiger partial charge in [0.25, 0.3) is 5.91 Å². The summed E-state index contributed by atoms with van der Waals surface area (Å²) in [4.78, 5) is 12.4. The van der Waals surface area contributed by atoms with Gasteiger partial charge in [0, 0.05) is 21.2 Å². The standard InChI is InChI=1S/C18H15Cl2N3OS/c1-9-4-10(2)15(11(3)5-9)17-22-23-18(25-17)21-16(24)12-6-13(19)8-14(20)7-12/h4-8H,1-3H3,(H,21,23,24). The van der Waals surface area contributed by atoms with Crippen molar-refractivity contribution in [2.75, 3.05) is 5.32 Å². The number of aromatic nitrogens is 2. The highest BCUT2D eigenvalue weighted by Gasteiger charge is 2.15. The van der Waals surface area contributed by atoms with Crippen molar-refractivity contribution < 1.29 is 4.79 Å². The van der Waals surface area contributed by atoms with Crippen LogP contribution in [0.25, 0.3) is 10.6 Å². The average molecular weight is 392 g/mol. The van der Waals surface area contributed by atoms with Crippen LogP contribution in [0.2, 0.25) is 10.0 Å². The molecule has 3 rings (SSSR count). The van der Waals surface area contributed by atoms with E-state index in [1.54, 1.807) is 18.2 Å². The van der Waals surface area contributed by atoms with Gasteiger partial charge in [-0.05, 0) is 50.1 Å². The molecule has 0 unspecified atom stereocenters. The van der Waals surface area contributed by atoms with Crippen molar-refractivity contribution in [3.63, 3.8) is 0 Å². The number of halogens is 2. The summed E-state index contributed by atoms with van der Waals surface area (Å²) in [6.07, 6.45) is 0. The van der Waals surface area contributed by atoms with E-state index in [0.717, 1.165) is 21.7 Å². The topological polar surface area (TPSA) is 54.9 Å². The van der Waals surface area contributed by atoms with Crippen molar-refractivity contribution in [3.05, 3.63) is 62.6 Å². The predicted octanol–water partition coefficient (Wildman–Crippen LogP) is 5.69. The van der Waals surface area contributed by atoms with Crippen LogP contribution in [-0.4, -0.2) is 16.1 Å². The molecule has 1 aromatic heterocycles. The third-order valence-electron chi connectivity index (χ3n) is 3.66. The number of hydrogen-bond acceptors (Lipinski definition) is 4. The summed E-state index contributed by atoms with van der Waals surface area (Å²) in [6.45, 7) is 6.15. The van der Waals surface area contributed by atoms with E-state index in [1.807, 2.05) is 13.8 Å². The number of benzene rings is 2. The van der Waals surface area contributed by atoms with Crippen molar-refractivity contribution in [1.29, 1.82) is 0 Å². The first-order valence-electron chi connectivity index (χ1n) is 7.52. The molecular weight excluding hydrogens is 377 g/mol. The van der Waals surface area contributed by atoms with Crippen LogP contribution in [0.5, 0.6) is 0 Å². The number of nitrogens with zero attached hydrogens (tertiary/aromatic N) is 2. The van der Waals surface area contributed by atoms with Gasteiger partial charge in [0.2, 0.25) is 5.13 Å². The van der Waals surface area contributed by atoms with E-state index in [1.165, 1.54) is 16.9 Å². The number of nitrogens with one attached hydrogen (secondary N) is 1. The van der Waals surface area contributed by atoms with Crippen molar-refractivity contribution in [2.24, 2.45) is 0 Å². The number of anilines is 1. The third kappa shape index (κ3) is 4.00. The minimum absolute atomic E-state index is 0.329. The van der Waals surface area contributed by atoms with E-state index in [9.17, 15) is 4.79 Å². The Kier molecular flexibility index (Phi) is 5.08. The summed E-state index contributed by atoms with van der Waals surface area (Å²) in [5.41, 5.74) is 4.89. The highest BCUT2D eigenvalue weighted by atomic mass is 35.5. The predicted molar refractivity (Wildman–Crippen MR) is 104 cm³/mol. The Labute approximate surface area is 159 Å². The molecule has 0 saturated carbocycles. The first-order valence-corrected chi connectivity index (χ1v) is 9.10. The molecular formula is C18H15Cl2N3OS. The molecule has 0 fully saturated rings. The molecule has 0 atom stereocenters. The zero-order valence-electron chi connectivity index (χ0n) is 13.9. The smallest absolute Gasteiger partial charge is 0.257 e. The Morgan fingerprint density at radius 3 is 2.16 bits per heavy atom. The monoisotopic (exact) mass is 391 g/mol. The summed E-state index contributed by atoms with van der Waals surface area (Å²) in [7, 11) is 0. The fourth-order valence-corrected chi connectivity index (χ4v) is 4.19. The zero-order valence-corrected chi connectivity index (χ0v) is 16.2. The highest BCUT2D eigenvalue weighted by Crippen LogP contribution is 2.32. The van der Waals surface area contributed by atoms with Crippen LogP contribution in [0.15, 0.2) is 30.3 Å². The second-order valence-electron chi connectivity index (χ2n) is 5.80. The molecule has 0 spiro atoms. The molecule has 7 heteroatoms. The lowest BCUT2D eigenvalue weighted by atomic mass is 10.0. The van der Waals surface area contributed by atoms with Gasteiger partial charge in [0.05, 0.1) is 0 Å². The molecule has 1 amide bonds. The van der Waals surface area contributed by atoms with Gasteiger partial charge >= 0.3 is 0 Å². The SMILES string of the molecule is Cc1cc(C)c(-c2nnc(NC(=O)c3cc(Cl)cc(Cl)c3)s2)c(C)c1. The van der Waals surface area contributed by atoms with Crippen LogP contribution in [0, 0.1) is 20.8 Å². The van der Waals surface area contributed by atoms with Crippen molar-refractivity contribution in [3.8, 4) is 10.6 Å². The Morgan fingerprint density at radius 1 is 0.960 bits per heavy atom. The maximum absolute atomic E-state index is 12.4. The van der Waals surface area contributed by atoms with Gasteiger partial charge in [-0.2, -0.15) is 0 Å². The van der Waals surface area contributed by atoms with Gasteiger partial charge in [0.15, 0.2) is 0 Å². The van der Waals surface area contributed by atoms with Crippen LogP contribution in [0.3, 0.4) is 0 Å². The van der Waals surface area contributed by atoms with Gasteiger partial charge in [-0.3, -0.25) is 10.1 Å². The van der Waals surface area contributed by atoms with Crippen LogP contribution < -0.4 is 5.32 Å². The second kappa shape index (κ2) is 7.12. The van der Waals surface area contributed by atoms with Gasteiger partial charge in [-0.25, -0.2) is 0 Å². The minimum atomic E-state index is -0.329. The van der Waals surface area contributed by atoms with Gasteiger partial charge < -0.3 is 0 Å². The lowest BCUT2D eigenvalue weighted by Crippen LogP contribution is -2.11. The highest BCUT2D eigenvalue weighted by molar-refractivity contribution is 7.18. The van der Waals surface area contributed by atoms with Crippen molar-refractivity contribution in [1.82, 2.24) is 10.2 Å². The zero-order chi connectivity index (χ0) is 18.1. The van der Waals surface area contributed by atoms with Crippen LogP contribution >= 0.6 is 34.5 Å².